The van der Waals surface area contributed by atoms with Crippen LogP contribution in [0.2, 0.25) is 5.15 Å². The molecule has 0 aliphatic heterocycles. The predicted octanol–water partition coefficient (Wildman–Crippen LogP) is 1.63. The van der Waals surface area contributed by atoms with E-state index in [1.807, 2.05) is 0 Å². The SMILES string of the molecule is Cc1ccc(F)c(-n2c(=O)cc(Cl)[nH]c2=O)c1. The molecule has 0 aliphatic rings. The lowest BCUT2D eigenvalue weighted by Gasteiger charge is -2.06. The van der Waals surface area contributed by atoms with Crippen molar-refractivity contribution in [3.05, 3.63) is 61.6 Å². The molecule has 0 radical (unpaired) electrons. The van der Waals surface area contributed by atoms with Crippen molar-refractivity contribution in [2.75, 3.05) is 0 Å². The third-order valence-electron chi connectivity index (χ3n) is 2.24. The lowest BCUT2D eigenvalue weighted by Crippen LogP contribution is -2.33. The fraction of sp³-hybridized carbons (Fsp3) is 0.0909. The van der Waals surface area contributed by atoms with Gasteiger partial charge in [0.25, 0.3) is 5.56 Å². The van der Waals surface area contributed by atoms with Crippen LogP contribution >= 0.6 is 11.6 Å². The molecule has 17 heavy (non-hydrogen) atoms. The summed E-state index contributed by atoms with van der Waals surface area (Å²) in [6.45, 7) is 1.73. The van der Waals surface area contributed by atoms with Crippen molar-refractivity contribution in [1.82, 2.24) is 9.55 Å². The minimum absolute atomic E-state index is 0.0793. The molecule has 1 N–H and O–H groups in total. The summed E-state index contributed by atoms with van der Waals surface area (Å²) < 4.78 is 14.3. The lowest BCUT2D eigenvalue weighted by molar-refractivity contribution is 0.612. The highest BCUT2D eigenvalue weighted by Crippen LogP contribution is 2.12. The van der Waals surface area contributed by atoms with Crippen molar-refractivity contribution < 1.29 is 4.39 Å². The molecule has 0 aliphatic carbocycles. The number of H-pyrrole nitrogens is 1. The van der Waals surface area contributed by atoms with E-state index in [4.69, 9.17) is 11.6 Å². The molecule has 2 aromatic rings. The molecule has 0 unspecified atom stereocenters. The number of aryl methyl sites for hydroxylation is 1. The van der Waals surface area contributed by atoms with Crippen LogP contribution in [-0.2, 0) is 0 Å². The van der Waals surface area contributed by atoms with Crippen LogP contribution in [0.15, 0.2) is 33.9 Å². The highest BCUT2D eigenvalue weighted by Gasteiger charge is 2.10. The van der Waals surface area contributed by atoms with Gasteiger partial charge in [-0.3, -0.25) is 9.78 Å². The van der Waals surface area contributed by atoms with Gasteiger partial charge < -0.3 is 0 Å². The summed E-state index contributed by atoms with van der Waals surface area (Å²) >= 11 is 5.52. The normalized spacial score (nSPS) is 10.5. The summed E-state index contributed by atoms with van der Waals surface area (Å²) in [7, 11) is 0. The molecule has 1 aromatic carbocycles. The Kier molecular flexibility index (Phi) is 2.85. The number of rotatable bonds is 1. The van der Waals surface area contributed by atoms with Gasteiger partial charge in [-0.1, -0.05) is 17.7 Å². The Bertz CT molecular complexity index is 659. The average Bonchev–Trinajstić information content (AvgIpc) is 2.21. The monoisotopic (exact) mass is 254 g/mol. The molecule has 1 aromatic heterocycles. The summed E-state index contributed by atoms with van der Waals surface area (Å²) in [6, 6.07) is 5.18. The summed E-state index contributed by atoms with van der Waals surface area (Å²) in [5.41, 5.74) is -0.800. The second-order valence-electron chi connectivity index (χ2n) is 3.55. The molecule has 0 fully saturated rings. The average molecular weight is 255 g/mol. The number of nitrogens with one attached hydrogen (secondary N) is 1. The summed E-state index contributed by atoms with van der Waals surface area (Å²) in [6.07, 6.45) is 0. The van der Waals surface area contributed by atoms with E-state index in [1.54, 1.807) is 13.0 Å². The van der Waals surface area contributed by atoms with Crippen LogP contribution in [0.5, 0.6) is 0 Å². The maximum atomic E-state index is 13.6. The Hall–Kier alpha value is -1.88. The van der Waals surface area contributed by atoms with E-state index in [0.29, 0.717) is 4.57 Å². The first-order valence-electron chi connectivity index (χ1n) is 4.77. The molecule has 1 heterocycles. The molecule has 0 saturated carbocycles. The van der Waals surface area contributed by atoms with Gasteiger partial charge in [-0.25, -0.2) is 13.8 Å². The topological polar surface area (TPSA) is 54.9 Å². The zero-order valence-electron chi connectivity index (χ0n) is 8.83. The van der Waals surface area contributed by atoms with Gasteiger partial charge in [0.05, 0.1) is 5.69 Å². The molecule has 0 bridgehead atoms. The van der Waals surface area contributed by atoms with Crippen molar-refractivity contribution >= 4 is 11.6 Å². The summed E-state index contributed by atoms with van der Waals surface area (Å²) in [5.74, 6) is -0.648. The van der Waals surface area contributed by atoms with Crippen LogP contribution in [0.1, 0.15) is 5.56 Å². The number of hydrogen-bond acceptors (Lipinski definition) is 2. The van der Waals surface area contributed by atoms with Crippen molar-refractivity contribution in [3.8, 4) is 5.69 Å². The minimum atomic E-state index is -0.771. The second-order valence-corrected chi connectivity index (χ2v) is 3.96. The van der Waals surface area contributed by atoms with Crippen molar-refractivity contribution in [2.24, 2.45) is 0 Å². The highest BCUT2D eigenvalue weighted by molar-refractivity contribution is 6.29. The molecule has 0 saturated heterocycles. The van der Waals surface area contributed by atoms with Gasteiger partial charge in [0, 0.05) is 6.07 Å². The Balaban J connectivity index is 2.82. The first-order valence-corrected chi connectivity index (χ1v) is 5.15. The van der Waals surface area contributed by atoms with Crippen LogP contribution in [-0.4, -0.2) is 9.55 Å². The number of hydrogen-bond donors (Lipinski definition) is 1. The fourth-order valence-corrected chi connectivity index (χ4v) is 1.66. The van der Waals surface area contributed by atoms with Gasteiger partial charge in [0.2, 0.25) is 0 Å². The van der Waals surface area contributed by atoms with Gasteiger partial charge >= 0.3 is 5.69 Å². The maximum absolute atomic E-state index is 13.6. The van der Waals surface area contributed by atoms with Gasteiger partial charge in [0.15, 0.2) is 0 Å². The molecule has 6 heteroatoms. The van der Waals surface area contributed by atoms with E-state index in [0.717, 1.165) is 11.6 Å². The number of nitrogens with zero attached hydrogens (tertiary/aromatic N) is 1. The first-order chi connectivity index (χ1) is 7.99. The molecule has 4 nitrogen and oxygen atoms in total. The zero-order valence-corrected chi connectivity index (χ0v) is 9.58. The standard InChI is InChI=1S/C11H8ClFN2O2/c1-6-2-3-7(13)8(4-6)15-10(16)5-9(12)14-11(15)17/h2-5H,1H3,(H,14,17). The lowest BCUT2D eigenvalue weighted by atomic mass is 10.2. The number of aromatic amines is 1. The zero-order chi connectivity index (χ0) is 12.6. The fourth-order valence-electron chi connectivity index (χ4n) is 1.49. The Morgan fingerprint density at radius 2 is 2.00 bits per heavy atom. The molecule has 0 amide bonds. The predicted molar refractivity (Wildman–Crippen MR) is 62.4 cm³/mol. The maximum Gasteiger partial charge on any atom is 0.334 e. The minimum Gasteiger partial charge on any atom is -0.297 e. The van der Waals surface area contributed by atoms with Crippen molar-refractivity contribution in [2.45, 2.75) is 6.92 Å². The van der Waals surface area contributed by atoms with Crippen LogP contribution in [0.3, 0.4) is 0 Å². The third-order valence-corrected chi connectivity index (χ3v) is 2.45. The quantitative estimate of drug-likeness (QED) is 0.787. The van der Waals surface area contributed by atoms with E-state index in [1.165, 1.54) is 12.1 Å². The second kappa shape index (κ2) is 4.18. The van der Waals surface area contributed by atoms with Gasteiger partial charge in [-0.2, -0.15) is 0 Å². The van der Waals surface area contributed by atoms with Crippen LogP contribution in [0.4, 0.5) is 4.39 Å². The third kappa shape index (κ3) is 2.14. The highest BCUT2D eigenvalue weighted by atomic mass is 35.5. The van der Waals surface area contributed by atoms with E-state index in [9.17, 15) is 14.0 Å². The van der Waals surface area contributed by atoms with Gasteiger partial charge in [-0.15, -0.1) is 0 Å². The van der Waals surface area contributed by atoms with Crippen LogP contribution < -0.4 is 11.2 Å². The summed E-state index contributed by atoms with van der Waals surface area (Å²) in [4.78, 5) is 25.4. The van der Waals surface area contributed by atoms with Crippen molar-refractivity contribution in [3.63, 3.8) is 0 Å². The smallest absolute Gasteiger partial charge is 0.297 e. The van der Waals surface area contributed by atoms with Crippen LogP contribution in [0.25, 0.3) is 5.69 Å². The molecule has 0 spiro atoms. The van der Waals surface area contributed by atoms with E-state index in [-0.39, 0.29) is 10.8 Å². The van der Waals surface area contributed by atoms with Crippen molar-refractivity contribution in [1.29, 1.82) is 0 Å². The van der Waals surface area contributed by atoms with E-state index >= 15 is 0 Å². The molecule has 88 valence electrons. The van der Waals surface area contributed by atoms with Crippen LogP contribution in [0, 0.1) is 12.7 Å². The molecule has 2 rings (SSSR count). The number of benzene rings is 1. The largest absolute Gasteiger partial charge is 0.334 e. The van der Waals surface area contributed by atoms with E-state index < -0.39 is 17.1 Å². The Morgan fingerprint density at radius 3 is 2.65 bits per heavy atom. The molecule has 0 atom stereocenters. The summed E-state index contributed by atoms with van der Waals surface area (Å²) in [5, 5.41) is -0.0793. The number of aromatic nitrogens is 2. The van der Waals surface area contributed by atoms with Gasteiger partial charge in [0.1, 0.15) is 11.0 Å². The van der Waals surface area contributed by atoms with E-state index in [2.05, 4.69) is 4.98 Å². The molecular weight excluding hydrogens is 247 g/mol. The first kappa shape index (κ1) is 11.6. The Morgan fingerprint density at radius 1 is 1.29 bits per heavy atom. The van der Waals surface area contributed by atoms with Gasteiger partial charge in [-0.05, 0) is 24.6 Å². The number of halogens is 2. The Labute approximate surface area is 100 Å². The molecular formula is C11H8ClFN2O2.